The number of hydrogen-bond donors (Lipinski definition) is 2. The molecule has 2 rings (SSSR count). The molecule has 0 aliphatic carbocycles. The van der Waals surface area contributed by atoms with Crippen LogP contribution in [0.5, 0.6) is 0 Å². The van der Waals surface area contributed by atoms with Crippen molar-refractivity contribution in [3.63, 3.8) is 0 Å². The molecule has 1 heterocycles. The van der Waals surface area contributed by atoms with E-state index in [1.165, 1.54) is 45.0 Å². The van der Waals surface area contributed by atoms with Gasteiger partial charge in [-0.15, -0.1) is 0 Å². The molecule has 1 fully saturated rings. The van der Waals surface area contributed by atoms with Crippen LogP contribution >= 0.6 is 0 Å². The van der Waals surface area contributed by atoms with Crippen molar-refractivity contribution in [3.8, 4) is 0 Å². The quantitative estimate of drug-likeness (QED) is 0.560. The zero-order valence-electron chi connectivity index (χ0n) is 15.7. The maximum atomic E-state index is 13.7. The Labute approximate surface area is 151 Å². The maximum absolute atomic E-state index is 13.7. The van der Waals surface area contributed by atoms with E-state index in [0.717, 1.165) is 24.6 Å². The molecule has 2 N–H and O–H groups in total. The van der Waals surface area contributed by atoms with Gasteiger partial charge in [0.05, 0.1) is 0 Å². The Hall–Kier alpha value is -1.62. The summed E-state index contributed by atoms with van der Waals surface area (Å²) in [5.74, 6) is 1.38. The normalized spacial score (nSPS) is 16.8. The molecule has 1 aromatic carbocycles. The number of benzene rings is 1. The Kier molecular flexibility index (Phi) is 8.73. The van der Waals surface area contributed by atoms with E-state index in [2.05, 4.69) is 29.4 Å². The van der Waals surface area contributed by atoms with E-state index < -0.39 is 0 Å². The molecule has 0 bridgehead atoms. The highest BCUT2D eigenvalue weighted by molar-refractivity contribution is 5.79. The molecule has 4 nitrogen and oxygen atoms in total. The Morgan fingerprint density at radius 2 is 1.96 bits per heavy atom. The van der Waals surface area contributed by atoms with Crippen molar-refractivity contribution in [2.24, 2.45) is 10.9 Å². The lowest BCUT2D eigenvalue weighted by molar-refractivity contribution is 0.188. The first-order valence-corrected chi connectivity index (χ1v) is 9.70. The van der Waals surface area contributed by atoms with Crippen LogP contribution in [0, 0.1) is 11.7 Å². The molecule has 0 spiro atoms. The topological polar surface area (TPSA) is 39.7 Å². The molecule has 0 amide bonds. The van der Waals surface area contributed by atoms with Crippen molar-refractivity contribution in [3.05, 3.63) is 35.6 Å². The molecule has 1 aromatic rings. The average molecular weight is 349 g/mol. The van der Waals surface area contributed by atoms with Gasteiger partial charge >= 0.3 is 0 Å². The number of rotatable bonds is 8. The lowest BCUT2D eigenvalue weighted by atomic mass is 9.97. The van der Waals surface area contributed by atoms with Crippen molar-refractivity contribution < 1.29 is 4.39 Å². The lowest BCUT2D eigenvalue weighted by Gasteiger charge is -2.31. The van der Waals surface area contributed by atoms with Crippen LogP contribution in [0.2, 0.25) is 0 Å². The summed E-state index contributed by atoms with van der Waals surface area (Å²) < 4.78 is 13.7. The number of aliphatic imine (C=N–C) groups is 1. The molecule has 0 atom stereocenters. The number of nitrogens with one attached hydrogen (secondary N) is 2. The molecule has 0 radical (unpaired) electrons. The predicted molar refractivity (Wildman–Crippen MR) is 104 cm³/mol. The van der Waals surface area contributed by atoms with E-state index in [9.17, 15) is 4.39 Å². The van der Waals surface area contributed by atoms with Gasteiger partial charge in [-0.25, -0.2) is 4.39 Å². The highest BCUT2D eigenvalue weighted by Gasteiger charge is 2.18. The van der Waals surface area contributed by atoms with Crippen molar-refractivity contribution in [1.82, 2.24) is 15.5 Å². The number of nitrogens with zero attached hydrogens (tertiary/aromatic N) is 2. The molecule has 140 valence electrons. The number of halogens is 1. The summed E-state index contributed by atoms with van der Waals surface area (Å²) >= 11 is 0. The minimum absolute atomic E-state index is 0.134. The van der Waals surface area contributed by atoms with E-state index in [4.69, 9.17) is 4.99 Å². The second-order valence-electron chi connectivity index (χ2n) is 6.77. The summed E-state index contributed by atoms with van der Waals surface area (Å²) in [6.45, 7) is 10.3. The van der Waals surface area contributed by atoms with Gasteiger partial charge < -0.3 is 15.5 Å². The van der Waals surface area contributed by atoms with Gasteiger partial charge in [-0.2, -0.15) is 0 Å². The van der Waals surface area contributed by atoms with Crippen molar-refractivity contribution >= 4 is 5.96 Å². The molecule has 1 aliphatic rings. The first-order chi connectivity index (χ1) is 12.2. The van der Waals surface area contributed by atoms with Gasteiger partial charge in [0, 0.05) is 19.6 Å². The molecule has 1 aliphatic heterocycles. The third-order valence-corrected chi connectivity index (χ3v) is 4.74. The van der Waals surface area contributed by atoms with E-state index in [-0.39, 0.29) is 5.82 Å². The van der Waals surface area contributed by atoms with Gasteiger partial charge in [-0.05, 0) is 69.8 Å². The Morgan fingerprint density at radius 1 is 1.20 bits per heavy atom. The SMILES string of the molecule is CCCN1CCC(CN=C(NCC)NCCc2ccccc2F)CC1. The van der Waals surface area contributed by atoms with Gasteiger partial charge in [0.25, 0.3) is 0 Å². The van der Waals surface area contributed by atoms with Gasteiger partial charge in [-0.1, -0.05) is 25.1 Å². The first-order valence-electron chi connectivity index (χ1n) is 9.70. The number of hydrogen-bond acceptors (Lipinski definition) is 2. The Balaban J connectivity index is 1.75. The lowest BCUT2D eigenvalue weighted by Crippen LogP contribution is -2.39. The second-order valence-corrected chi connectivity index (χ2v) is 6.77. The number of guanidine groups is 1. The highest BCUT2D eigenvalue weighted by atomic mass is 19.1. The first kappa shape index (κ1) is 19.7. The highest BCUT2D eigenvalue weighted by Crippen LogP contribution is 2.17. The van der Waals surface area contributed by atoms with Crippen molar-refractivity contribution in [1.29, 1.82) is 0 Å². The van der Waals surface area contributed by atoms with Crippen molar-refractivity contribution in [2.45, 2.75) is 39.5 Å². The van der Waals surface area contributed by atoms with Crippen LogP contribution in [0.1, 0.15) is 38.7 Å². The minimum Gasteiger partial charge on any atom is -0.357 e. The molecule has 0 unspecified atom stereocenters. The van der Waals surface area contributed by atoms with Gasteiger partial charge in [0.15, 0.2) is 5.96 Å². The smallest absolute Gasteiger partial charge is 0.191 e. The molecule has 0 aromatic heterocycles. The molecule has 5 heteroatoms. The molecular formula is C20H33FN4. The molecule has 1 saturated heterocycles. The maximum Gasteiger partial charge on any atom is 0.191 e. The van der Waals surface area contributed by atoms with Crippen molar-refractivity contribution in [2.75, 3.05) is 39.3 Å². The largest absolute Gasteiger partial charge is 0.357 e. The summed E-state index contributed by atoms with van der Waals surface area (Å²) in [6, 6.07) is 6.96. The second kappa shape index (κ2) is 11.1. The van der Waals surface area contributed by atoms with Crippen LogP contribution in [0.25, 0.3) is 0 Å². The van der Waals surface area contributed by atoms with E-state index in [1.807, 2.05) is 12.1 Å². The van der Waals surface area contributed by atoms with Crippen LogP contribution in [0.3, 0.4) is 0 Å². The molecule has 0 saturated carbocycles. The molecular weight excluding hydrogens is 315 g/mol. The van der Waals surface area contributed by atoms with Crippen LogP contribution in [0.4, 0.5) is 4.39 Å². The Bertz CT molecular complexity index is 524. The van der Waals surface area contributed by atoms with Gasteiger partial charge in [0.2, 0.25) is 0 Å². The summed E-state index contributed by atoms with van der Waals surface area (Å²) in [5, 5.41) is 6.61. The predicted octanol–water partition coefficient (Wildman–Crippen LogP) is 3.05. The zero-order valence-corrected chi connectivity index (χ0v) is 15.7. The van der Waals surface area contributed by atoms with Crippen LogP contribution in [0.15, 0.2) is 29.3 Å². The standard InChI is InChI=1S/C20H33FN4/c1-3-13-25-14-10-17(11-15-25)16-24-20(22-4-2)23-12-9-18-7-5-6-8-19(18)21/h5-8,17H,3-4,9-16H2,1-2H3,(H2,22,23,24). The van der Waals surface area contributed by atoms with E-state index in [0.29, 0.717) is 18.9 Å². The minimum atomic E-state index is -0.134. The summed E-state index contributed by atoms with van der Waals surface area (Å²) in [7, 11) is 0. The monoisotopic (exact) mass is 348 g/mol. The van der Waals surface area contributed by atoms with Gasteiger partial charge in [-0.3, -0.25) is 4.99 Å². The number of piperidine rings is 1. The molecule has 25 heavy (non-hydrogen) atoms. The summed E-state index contributed by atoms with van der Waals surface area (Å²) in [6.07, 6.45) is 4.36. The summed E-state index contributed by atoms with van der Waals surface area (Å²) in [4.78, 5) is 7.30. The average Bonchev–Trinajstić information content (AvgIpc) is 2.63. The van der Waals surface area contributed by atoms with Crippen LogP contribution < -0.4 is 10.6 Å². The zero-order chi connectivity index (χ0) is 17.9. The van der Waals surface area contributed by atoms with Crippen LogP contribution in [-0.2, 0) is 6.42 Å². The third kappa shape index (κ3) is 7.02. The Morgan fingerprint density at radius 3 is 2.64 bits per heavy atom. The fourth-order valence-electron chi connectivity index (χ4n) is 3.29. The van der Waals surface area contributed by atoms with Crippen LogP contribution in [-0.4, -0.2) is 50.1 Å². The fourth-order valence-corrected chi connectivity index (χ4v) is 3.29. The summed E-state index contributed by atoms with van der Waals surface area (Å²) in [5.41, 5.74) is 0.745. The van der Waals surface area contributed by atoms with Gasteiger partial charge in [0.1, 0.15) is 5.82 Å². The van der Waals surface area contributed by atoms with E-state index >= 15 is 0 Å². The number of likely N-dealkylation sites (tertiary alicyclic amines) is 1. The third-order valence-electron chi connectivity index (χ3n) is 4.74. The fraction of sp³-hybridized carbons (Fsp3) is 0.650. The van der Waals surface area contributed by atoms with E-state index in [1.54, 1.807) is 6.07 Å².